The third-order valence-electron chi connectivity index (χ3n) is 3.12. The third kappa shape index (κ3) is 2.14. The Labute approximate surface area is 105 Å². The molecule has 2 aromatic rings. The molecule has 0 spiro atoms. The number of nitrogens with zero attached hydrogens (tertiary/aromatic N) is 1. The SMILES string of the molecule is Cc1c(-c2ccccc2)nc(NC2CC2)[nH]c1=O. The molecule has 0 bridgehead atoms. The summed E-state index contributed by atoms with van der Waals surface area (Å²) >= 11 is 0. The van der Waals surface area contributed by atoms with E-state index in [-0.39, 0.29) is 5.56 Å². The monoisotopic (exact) mass is 241 g/mol. The Morgan fingerprint density at radius 2 is 2.00 bits per heavy atom. The molecule has 1 fully saturated rings. The van der Waals surface area contributed by atoms with E-state index in [2.05, 4.69) is 15.3 Å². The molecule has 1 aromatic heterocycles. The molecule has 4 heteroatoms. The van der Waals surface area contributed by atoms with Crippen LogP contribution in [0.15, 0.2) is 35.1 Å². The molecule has 4 nitrogen and oxygen atoms in total. The minimum Gasteiger partial charge on any atom is -0.353 e. The van der Waals surface area contributed by atoms with E-state index in [9.17, 15) is 4.79 Å². The summed E-state index contributed by atoms with van der Waals surface area (Å²) in [6.45, 7) is 1.80. The van der Waals surface area contributed by atoms with Crippen molar-refractivity contribution in [3.63, 3.8) is 0 Å². The molecule has 0 unspecified atom stereocenters. The highest BCUT2D eigenvalue weighted by Gasteiger charge is 2.22. The van der Waals surface area contributed by atoms with Crippen LogP contribution in [0, 0.1) is 6.92 Å². The second-order valence-corrected chi connectivity index (χ2v) is 4.67. The Balaban J connectivity index is 2.06. The number of benzene rings is 1. The topological polar surface area (TPSA) is 57.8 Å². The maximum absolute atomic E-state index is 11.9. The van der Waals surface area contributed by atoms with Crippen molar-refractivity contribution in [1.82, 2.24) is 9.97 Å². The molecule has 0 radical (unpaired) electrons. The second-order valence-electron chi connectivity index (χ2n) is 4.67. The summed E-state index contributed by atoms with van der Waals surface area (Å²) < 4.78 is 0. The molecule has 2 N–H and O–H groups in total. The lowest BCUT2D eigenvalue weighted by atomic mass is 10.1. The number of H-pyrrole nitrogens is 1. The highest BCUT2D eigenvalue weighted by Crippen LogP contribution is 2.24. The first-order chi connectivity index (χ1) is 8.74. The van der Waals surface area contributed by atoms with Crippen LogP contribution >= 0.6 is 0 Å². The van der Waals surface area contributed by atoms with Gasteiger partial charge >= 0.3 is 0 Å². The zero-order valence-electron chi connectivity index (χ0n) is 10.2. The van der Waals surface area contributed by atoms with Crippen LogP contribution in [0.2, 0.25) is 0 Å². The Hall–Kier alpha value is -2.10. The molecule has 0 saturated heterocycles. The fourth-order valence-corrected chi connectivity index (χ4v) is 1.90. The minimum absolute atomic E-state index is 0.0768. The van der Waals surface area contributed by atoms with Crippen molar-refractivity contribution in [1.29, 1.82) is 0 Å². The largest absolute Gasteiger partial charge is 0.353 e. The average Bonchev–Trinajstić information content (AvgIpc) is 3.18. The van der Waals surface area contributed by atoms with Gasteiger partial charge in [0.2, 0.25) is 5.95 Å². The lowest BCUT2D eigenvalue weighted by molar-refractivity contribution is 1.02. The summed E-state index contributed by atoms with van der Waals surface area (Å²) in [6.07, 6.45) is 2.30. The fourth-order valence-electron chi connectivity index (χ4n) is 1.90. The molecule has 92 valence electrons. The van der Waals surface area contributed by atoms with Crippen molar-refractivity contribution in [2.24, 2.45) is 0 Å². The minimum atomic E-state index is -0.0768. The smallest absolute Gasteiger partial charge is 0.255 e. The summed E-state index contributed by atoms with van der Waals surface area (Å²) in [7, 11) is 0. The van der Waals surface area contributed by atoms with Gasteiger partial charge in [0, 0.05) is 17.2 Å². The quantitative estimate of drug-likeness (QED) is 0.867. The van der Waals surface area contributed by atoms with Crippen molar-refractivity contribution < 1.29 is 0 Å². The molecule has 1 aliphatic carbocycles. The lowest BCUT2D eigenvalue weighted by Gasteiger charge is -2.08. The highest BCUT2D eigenvalue weighted by molar-refractivity contribution is 5.63. The van der Waals surface area contributed by atoms with Crippen LogP contribution in [0.3, 0.4) is 0 Å². The van der Waals surface area contributed by atoms with Crippen LogP contribution in [-0.2, 0) is 0 Å². The van der Waals surface area contributed by atoms with E-state index in [1.165, 1.54) is 0 Å². The number of hydrogen-bond donors (Lipinski definition) is 2. The van der Waals surface area contributed by atoms with Crippen LogP contribution in [0.4, 0.5) is 5.95 Å². The van der Waals surface area contributed by atoms with Gasteiger partial charge < -0.3 is 5.32 Å². The summed E-state index contributed by atoms with van der Waals surface area (Å²) in [4.78, 5) is 19.2. The van der Waals surface area contributed by atoms with Gasteiger partial charge in [0.1, 0.15) is 0 Å². The molecule has 1 saturated carbocycles. The van der Waals surface area contributed by atoms with Crippen molar-refractivity contribution in [3.8, 4) is 11.3 Å². The highest BCUT2D eigenvalue weighted by atomic mass is 16.1. The van der Waals surface area contributed by atoms with Crippen molar-refractivity contribution in [3.05, 3.63) is 46.2 Å². The first-order valence-electron chi connectivity index (χ1n) is 6.17. The van der Waals surface area contributed by atoms with E-state index < -0.39 is 0 Å². The summed E-state index contributed by atoms with van der Waals surface area (Å²) in [5.41, 5.74) is 2.30. The number of rotatable bonds is 3. The van der Waals surface area contributed by atoms with Crippen molar-refractivity contribution >= 4 is 5.95 Å². The standard InChI is InChI=1S/C14H15N3O/c1-9-12(10-5-3-2-4-6-10)16-14(17-13(9)18)15-11-7-8-11/h2-6,11H,7-8H2,1H3,(H2,15,16,17,18). The Morgan fingerprint density at radius 1 is 1.28 bits per heavy atom. The molecule has 3 rings (SSSR count). The Kier molecular flexibility index (Phi) is 2.63. The predicted molar refractivity (Wildman–Crippen MR) is 71.7 cm³/mol. The molecule has 0 amide bonds. The normalized spacial score (nSPS) is 14.5. The van der Waals surface area contributed by atoms with Crippen LogP contribution in [-0.4, -0.2) is 16.0 Å². The van der Waals surface area contributed by atoms with E-state index >= 15 is 0 Å². The molecule has 1 heterocycles. The van der Waals surface area contributed by atoms with Gasteiger partial charge in [-0.3, -0.25) is 9.78 Å². The molecule has 1 aromatic carbocycles. The van der Waals surface area contributed by atoms with Gasteiger partial charge in [-0.1, -0.05) is 30.3 Å². The number of aromatic amines is 1. The van der Waals surface area contributed by atoms with E-state index in [0.29, 0.717) is 17.6 Å². The van der Waals surface area contributed by atoms with Gasteiger partial charge in [0.25, 0.3) is 5.56 Å². The fraction of sp³-hybridized carbons (Fsp3) is 0.286. The first kappa shape index (κ1) is 11.0. The van der Waals surface area contributed by atoms with Gasteiger partial charge in [-0.2, -0.15) is 0 Å². The Morgan fingerprint density at radius 3 is 2.67 bits per heavy atom. The molecular formula is C14H15N3O. The maximum Gasteiger partial charge on any atom is 0.255 e. The number of anilines is 1. The lowest BCUT2D eigenvalue weighted by Crippen LogP contribution is -2.17. The zero-order valence-corrected chi connectivity index (χ0v) is 10.2. The van der Waals surface area contributed by atoms with Gasteiger partial charge in [0.15, 0.2) is 0 Å². The zero-order chi connectivity index (χ0) is 12.5. The molecule has 0 atom stereocenters. The maximum atomic E-state index is 11.9. The number of nitrogens with one attached hydrogen (secondary N) is 2. The van der Waals surface area contributed by atoms with Gasteiger partial charge in [-0.05, 0) is 19.8 Å². The number of hydrogen-bond acceptors (Lipinski definition) is 3. The van der Waals surface area contributed by atoms with Gasteiger partial charge in [-0.25, -0.2) is 4.98 Å². The molecule has 18 heavy (non-hydrogen) atoms. The first-order valence-corrected chi connectivity index (χ1v) is 6.17. The van der Waals surface area contributed by atoms with Crippen LogP contribution < -0.4 is 10.9 Å². The van der Waals surface area contributed by atoms with Crippen LogP contribution in [0.25, 0.3) is 11.3 Å². The van der Waals surface area contributed by atoms with Crippen LogP contribution in [0.1, 0.15) is 18.4 Å². The van der Waals surface area contributed by atoms with E-state index in [1.807, 2.05) is 30.3 Å². The number of aromatic nitrogens is 2. The van der Waals surface area contributed by atoms with Crippen molar-refractivity contribution in [2.75, 3.05) is 5.32 Å². The Bertz CT molecular complexity index is 615. The van der Waals surface area contributed by atoms with E-state index in [4.69, 9.17) is 0 Å². The second kappa shape index (κ2) is 4.29. The van der Waals surface area contributed by atoms with Crippen LogP contribution in [0.5, 0.6) is 0 Å². The summed E-state index contributed by atoms with van der Waals surface area (Å²) in [5, 5.41) is 3.23. The third-order valence-corrected chi connectivity index (χ3v) is 3.12. The average molecular weight is 241 g/mol. The van der Waals surface area contributed by atoms with E-state index in [0.717, 1.165) is 24.1 Å². The predicted octanol–water partition coefficient (Wildman–Crippen LogP) is 2.32. The summed E-state index contributed by atoms with van der Waals surface area (Å²) in [5.74, 6) is 0.576. The van der Waals surface area contributed by atoms with Crippen molar-refractivity contribution in [2.45, 2.75) is 25.8 Å². The van der Waals surface area contributed by atoms with E-state index in [1.54, 1.807) is 6.92 Å². The molecular weight excluding hydrogens is 226 g/mol. The molecule has 0 aliphatic heterocycles. The molecule has 1 aliphatic rings. The van der Waals surface area contributed by atoms with Gasteiger partial charge in [-0.15, -0.1) is 0 Å². The summed E-state index contributed by atoms with van der Waals surface area (Å²) in [6, 6.07) is 10.3. The van der Waals surface area contributed by atoms with Gasteiger partial charge in [0.05, 0.1) is 5.69 Å².